The number of ether oxygens (including phenoxy) is 1. The lowest BCUT2D eigenvalue weighted by Gasteiger charge is -2.10. The van der Waals surface area contributed by atoms with Crippen molar-refractivity contribution in [2.75, 3.05) is 13.7 Å². The standard InChI is InChI=1S/C9H13Cl3O/c1-8(6-9(8,11)12)5-7(10)3-4-13-2/h3H,4-6H2,1-2H3/b7-3-. The van der Waals surface area contributed by atoms with Gasteiger partial charge in [0.2, 0.25) is 0 Å². The van der Waals surface area contributed by atoms with Gasteiger partial charge in [-0.15, -0.1) is 23.2 Å². The van der Waals surface area contributed by atoms with Crippen LogP contribution in [0.15, 0.2) is 11.1 Å². The Morgan fingerprint density at radius 1 is 1.54 bits per heavy atom. The minimum absolute atomic E-state index is 0.0581. The molecule has 0 aromatic rings. The van der Waals surface area contributed by atoms with Crippen LogP contribution < -0.4 is 0 Å². The second kappa shape index (κ2) is 3.98. The maximum atomic E-state index is 5.98. The van der Waals surface area contributed by atoms with Crippen LogP contribution >= 0.6 is 34.8 Å². The Labute approximate surface area is 94.0 Å². The van der Waals surface area contributed by atoms with Gasteiger partial charge in [-0.1, -0.05) is 18.5 Å². The van der Waals surface area contributed by atoms with Crippen molar-refractivity contribution in [3.8, 4) is 0 Å². The zero-order chi connectivity index (χ0) is 10.1. The van der Waals surface area contributed by atoms with Crippen molar-refractivity contribution in [3.05, 3.63) is 11.1 Å². The Kier molecular flexibility index (Phi) is 3.56. The summed E-state index contributed by atoms with van der Waals surface area (Å²) in [5, 5.41) is 0.771. The van der Waals surface area contributed by atoms with Crippen molar-refractivity contribution in [2.24, 2.45) is 5.41 Å². The quantitative estimate of drug-likeness (QED) is 0.684. The molecule has 0 saturated heterocycles. The predicted octanol–water partition coefficient (Wildman–Crippen LogP) is 3.73. The number of methoxy groups -OCH3 is 1. The van der Waals surface area contributed by atoms with Gasteiger partial charge in [0.1, 0.15) is 4.33 Å². The number of alkyl halides is 2. The fourth-order valence-corrected chi connectivity index (χ4v) is 2.34. The van der Waals surface area contributed by atoms with E-state index in [0.29, 0.717) is 6.61 Å². The average Bonchev–Trinajstić information content (AvgIpc) is 2.46. The van der Waals surface area contributed by atoms with E-state index in [1.165, 1.54) is 0 Å². The second-order valence-electron chi connectivity index (χ2n) is 3.72. The molecule has 1 rings (SSSR count). The molecule has 0 spiro atoms. The topological polar surface area (TPSA) is 9.23 Å². The molecule has 0 radical (unpaired) electrons. The van der Waals surface area contributed by atoms with Crippen LogP contribution in [0.1, 0.15) is 19.8 Å². The van der Waals surface area contributed by atoms with E-state index in [4.69, 9.17) is 39.5 Å². The van der Waals surface area contributed by atoms with Crippen molar-refractivity contribution < 1.29 is 4.74 Å². The monoisotopic (exact) mass is 242 g/mol. The zero-order valence-electron chi connectivity index (χ0n) is 7.74. The molecule has 0 N–H and O–H groups in total. The van der Waals surface area contributed by atoms with Crippen molar-refractivity contribution in [1.29, 1.82) is 0 Å². The van der Waals surface area contributed by atoms with Crippen LogP contribution in [-0.2, 0) is 4.74 Å². The van der Waals surface area contributed by atoms with Gasteiger partial charge in [-0.25, -0.2) is 0 Å². The predicted molar refractivity (Wildman–Crippen MR) is 57.6 cm³/mol. The molecule has 13 heavy (non-hydrogen) atoms. The molecule has 76 valence electrons. The highest BCUT2D eigenvalue weighted by atomic mass is 35.5. The lowest BCUT2D eigenvalue weighted by molar-refractivity contribution is 0.233. The molecule has 1 saturated carbocycles. The van der Waals surface area contributed by atoms with Gasteiger partial charge in [0.15, 0.2) is 0 Å². The summed E-state index contributed by atoms with van der Waals surface area (Å²) in [4.78, 5) is 0. The Morgan fingerprint density at radius 3 is 2.46 bits per heavy atom. The van der Waals surface area contributed by atoms with Crippen LogP contribution in [-0.4, -0.2) is 18.1 Å². The molecule has 0 aromatic heterocycles. The highest BCUT2D eigenvalue weighted by Crippen LogP contribution is 2.66. The van der Waals surface area contributed by atoms with Gasteiger partial charge in [-0.3, -0.25) is 0 Å². The number of rotatable bonds is 4. The first-order valence-electron chi connectivity index (χ1n) is 4.13. The summed E-state index contributed by atoms with van der Waals surface area (Å²) in [7, 11) is 1.63. The summed E-state index contributed by atoms with van der Waals surface area (Å²) < 4.78 is 4.28. The van der Waals surface area contributed by atoms with E-state index in [2.05, 4.69) is 0 Å². The Morgan fingerprint density at radius 2 is 2.08 bits per heavy atom. The fraction of sp³-hybridized carbons (Fsp3) is 0.778. The molecule has 1 fully saturated rings. The third kappa shape index (κ3) is 2.76. The number of hydrogen-bond donors (Lipinski definition) is 0. The van der Waals surface area contributed by atoms with Gasteiger partial charge in [-0.05, 0) is 18.9 Å². The van der Waals surface area contributed by atoms with E-state index >= 15 is 0 Å². The van der Waals surface area contributed by atoms with E-state index < -0.39 is 4.33 Å². The average molecular weight is 244 g/mol. The third-order valence-corrected chi connectivity index (χ3v) is 3.87. The van der Waals surface area contributed by atoms with Crippen molar-refractivity contribution in [2.45, 2.75) is 24.1 Å². The van der Waals surface area contributed by atoms with E-state index in [-0.39, 0.29) is 5.41 Å². The third-order valence-electron chi connectivity index (χ3n) is 2.40. The smallest absolute Gasteiger partial charge is 0.124 e. The van der Waals surface area contributed by atoms with Gasteiger partial charge < -0.3 is 4.74 Å². The maximum Gasteiger partial charge on any atom is 0.124 e. The van der Waals surface area contributed by atoms with Gasteiger partial charge in [0, 0.05) is 17.6 Å². The number of allylic oxidation sites excluding steroid dienone is 1. The first-order chi connectivity index (χ1) is 5.91. The van der Waals surface area contributed by atoms with Crippen molar-refractivity contribution >= 4 is 34.8 Å². The molecule has 0 amide bonds. The Hall–Kier alpha value is 0.570. The normalized spacial score (nSPS) is 31.9. The van der Waals surface area contributed by atoms with Crippen LogP contribution in [0.25, 0.3) is 0 Å². The van der Waals surface area contributed by atoms with Crippen LogP contribution in [0.4, 0.5) is 0 Å². The van der Waals surface area contributed by atoms with E-state index in [1.807, 2.05) is 13.0 Å². The molecule has 0 aromatic carbocycles. The van der Waals surface area contributed by atoms with Crippen molar-refractivity contribution in [3.63, 3.8) is 0 Å². The SMILES string of the molecule is COC/C=C(\Cl)CC1(C)CC1(Cl)Cl. The minimum Gasteiger partial charge on any atom is -0.381 e. The van der Waals surface area contributed by atoms with E-state index in [9.17, 15) is 0 Å². The summed E-state index contributed by atoms with van der Waals surface area (Å²) in [5.74, 6) is 0. The zero-order valence-corrected chi connectivity index (χ0v) is 10.0. The number of halogens is 3. The van der Waals surface area contributed by atoms with Crippen LogP contribution in [0.5, 0.6) is 0 Å². The van der Waals surface area contributed by atoms with E-state index in [1.54, 1.807) is 7.11 Å². The van der Waals surface area contributed by atoms with E-state index in [0.717, 1.165) is 17.9 Å². The molecular weight excluding hydrogens is 230 g/mol. The van der Waals surface area contributed by atoms with Crippen molar-refractivity contribution in [1.82, 2.24) is 0 Å². The molecule has 1 atom stereocenters. The molecular formula is C9H13Cl3O. The van der Waals surface area contributed by atoms with Gasteiger partial charge >= 0.3 is 0 Å². The summed E-state index contributed by atoms with van der Waals surface area (Å²) in [5.41, 5.74) is -0.0581. The maximum absolute atomic E-state index is 5.98. The van der Waals surface area contributed by atoms with Gasteiger partial charge in [0.25, 0.3) is 0 Å². The molecule has 0 bridgehead atoms. The Balaban J connectivity index is 2.42. The highest BCUT2D eigenvalue weighted by molar-refractivity contribution is 6.51. The first-order valence-corrected chi connectivity index (χ1v) is 5.26. The summed E-state index contributed by atoms with van der Waals surface area (Å²) in [6.07, 6.45) is 3.38. The summed E-state index contributed by atoms with van der Waals surface area (Å²) in [6, 6.07) is 0. The Bertz CT molecular complexity index is 225. The summed E-state index contributed by atoms with van der Waals surface area (Å²) in [6.45, 7) is 2.57. The minimum atomic E-state index is -0.589. The highest BCUT2D eigenvalue weighted by Gasteiger charge is 2.62. The van der Waals surface area contributed by atoms with Crippen LogP contribution in [0.2, 0.25) is 0 Å². The lowest BCUT2D eigenvalue weighted by atomic mass is 10.1. The largest absolute Gasteiger partial charge is 0.381 e. The fourth-order valence-electron chi connectivity index (χ4n) is 1.26. The van der Waals surface area contributed by atoms with Crippen LogP contribution in [0.3, 0.4) is 0 Å². The van der Waals surface area contributed by atoms with Gasteiger partial charge in [-0.2, -0.15) is 0 Å². The molecule has 4 heteroatoms. The number of hydrogen-bond acceptors (Lipinski definition) is 1. The first kappa shape index (κ1) is 11.6. The molecule has 0 aliphatic heterocycles. The molecule has 1 nitrogen and oxygen atoms in total. The summed E-state index contributed by atoms with van der Waals surface area (Å²) >= 11 is 17.9. The molecule has 1 aliphatic rings. The van der Waals surface area contributed by atoms with Crippen LogP contribution in [0, 0.1) is 5.41 Å². The van der Waals surface area contributed by atoms with Gasteiger partial charge in [0.05, 0.1) is 6.61 Å². The molecule has 0 heterocycles. The lowest BCUT2D eigenvalue weighted by Crippen LogP contribution is -2.04. The molecule has 1 unspecified atom stereocenters. The molecule has 1 aliphatic carbocycles. The second-order valence-corrected chi connectivity index (χ2v) is 5.69.